The lowest BCUT2D eigenvalue weighted by Gasteiger charge is -2.15. The lowest BCUT2D eigenvalue weighted by atomic mass is 10.0. The monoisotopic (exact) mass is 369 g/mol. The highest BCUT2D eigenvalue weighted by Gasteiger charge is 2.20. The van der Waals surface area contributed by atoms with Crippen LogP contribution in [0.5, 0.6) is 0 Å². The molecule has 134 valence electrons. The van der Waals surface area contributed by atoms with Gasteiger partial charge in [-0.3, -0.25) is 4.79 Å². The fourth-order valence-corrected chi connectivity index (χ4v) is 3.70. The summed E-state index contributed by atoms with van der Waals surface area (Å²) in [6.45, 7) is 2.39. The molecule has 0 aliphatic rings. The maximum Gasteiger partial charge on any atom is 0.279 e. The zero-order valence-corrected chi connectivity index (χ0v) is 15.4. The number of carbonyl (C=O) groups is 1. The van der Waals surface area contributed by atoms with Crippen LogP contribution in [0.15, 0.2) is 66.0 Å². The number of thiophene rings is 1. The molecule has 3 rings (SSSR count). The van der Waals surface area contributed by atoms with E-state index < -0.39 is 0 Å². The van der Waals surface area contributed by atoms with Crippen LogP contribution in [0.2, 0.25) is 0 Å². The molecule has 0 bridgehead atoms. The number of halogens is 1. The maximum absolute atomic E-state index is 13.2. The first-order chi connectivity index (χ1) is 12.7. The minimum absolute atomic E-state index is 0.0687. The molecule has 1 aromatic heterocycles. The van der Waals surface area contributed by atoms with E-state index in [2.05, 4.69) is 42.6 Å². The zero-order valence-electron chi connectivity index (χ0n) is 14.6. The molecule has 1 heterocycles. The van der Waals surface area contributed by atoms with Gasteiger partial charge in [0.1, 0.15) is 11.9 Å². The first kappa shape index (κ1) is 18.3. The van der Waals surface area contributed by atoms with Gasteiger partial charge in [0.25, 0.3) is 5.91 Å². The van der Waals surface area contributed by atoms with Crippen molar-refractivity contribution in [2.75, 3.05) is 11.9 Å². The first-order valence-corrected chi connectivity index (χ1v) is 9.54. The van der Waals surface area contributed by atoms with Crippen molar-refractivity contribution in [2.45, 2.75) is 19.4 Å². The summed E-state index contributed by atoms with van der Waals surface area (Å²) in [4.78, 5) is 13.5. The maximum atomic E-state index is 13.2. The number of anilines is 1. The van der Waals surface area contributed by atoms with Crippen molar-refractivity contribution < 1.29 is 14.5 Å². The summed E-state index contributed by atoms with van der Waals surface area (Å²) in [5.74, 6) is -0.512. The summed E-state index contributed by atoms with van der Waals surface area (Å²) >= 11 is 1.68. The fourth-order valence-electron chi connectivity index (χ4n) is 2.85. The van der Waals surface area contributed by atoms with E-state index in [1.165, 1.54) is 28.1 Å². The normalized spacial score (nSPS) is 11.9. The number of benzene rings is 2. The highest BCUT2D eigenvalue weighted by atomic mass is 32.1. The second-order valence-electron chi connectivity index (χ2n) is 6.09. The number of nitrogens with two attached hydrogens (primary N) is 1. The molecule has 1 atom stereocenters. The Bertz CT molecular complexity index is 847. The lowest BCUT2D eigenvalue weighted by Crippen LogP contribution is -2.87. The molecule has 0 saturated carbocycles. The Morgan fingerprint density at radius 3 is 2.62 bits per heavy atom. The molecule has 0 saturated heterocycles. The quantitative estimate of drug-likeness (QED) is 0.655. The third-order valence-corrected chi connectivity index (χ3v) is 5.20. The van der Waals surface area contributed by atoms with E-state index in [1.54, 1.807) is 23.5 Å². The van der Waals surface area contributed by atoms with Crippen LogP contribution >= 0.6 is 11.3 Å². The van der Waals surface area contributed by atoms with E-state index in [4.69, 9.17) is 0 Å². The number of nitrogens with one attached hydrogen (secondary N) is 1. The van der Waals surface area contributed by atoms with Gasteiger partial charge in [-0.05, 0) is 41.6 Å². The van der Waals surface area contributed by atoms with Gasteiger partial charge in [-0.15, -0.1) is 11.3 Å². The van der Waals surface area contributed by atoms with Crippen LogP contribution in [0, 0.1) is 5.82 Å². The number of carbonyl (C=O) groups excluding carboxylic acids is 1. The van der Waals surface area contributed by atoms with Crippen LogP contribution in [0.1, 0.15) is 29.0 Å². The molecule has 1 amide bonds. The molecule has 2 aromatic carbocycles. The standard InChI is InChI=1S/C21H21FN2OS/c1-2-15-8-10-16(11-9-15)21(19-7-4-12-26-19)23-14-20(25)24-18-6-3-5-17(22)13-18/h3-13,21,23H,2,14H2,1H3,(H,24,25)/p+1/t21-/m1/s1. The van der Waals surface area contributed by atoms with Crippen LogP contribution in [0.4, 0.5) is 10.1 Å². The molecule has 0 fully saturated rings. The fraction of sp³-hybridized carbons (Fsp3) is 0.190. The summed E-state index contributed by atoms with van der Waals surface area (Å²) in [6.07, 6.45) is 1.00. The van der Waals surface area contributed by atoms with Crippen LogP contribution in [0.3, 0.4) is 0 Å². The van der Waals surface area contributed by atoms with Gasteiger partial charge in [-0.2, -0.15) is 0 Å². The van der Waals surface area contributed by atoms with Gasteiger partial charge in [-0.1, -0.05) is 43.3 Å². The van der Waals surface area contributed by atoms with Crippen molar-refractivity contribution in [3.05, 3.63) is 87.9 Å². The van der Waals surface area contributed by atoms with Crippen molar-refractivity contribution in [1.29, 1.82) is 0 Å². The number of rotatable bonds is 7. The van der Waals surface area contributed by atoms with E-state index in [0.717, 1.165) is 6.42 Å². The van der Waals surface area contributed by atoms with E-state index in [9.17, 15) is 9.18 Å². The summed E-state index contributed by atoms with van der Waals surface area (Å²) in [7, 11) is 0. The molecular formula is C21H22FN2OS+. The Kier molecular flexibility index (Phi) is 6.15. The number of amides is 1. The van der Waals surface area contributed by atoms with Gasteiger partial charge in [0.15, 0.2) is 6.54 Å². The van der Waals surface area contributed by atoms with Gasteiger partial charge in [0, 0.05) is 11.3 Å². The van der Waals surface area contributed by atoms with E-state index in [1.807, 2.05) is 16.8 Å². The minimum Gasteiger partial charge on any atom is -0.328 e. The van der Waals surface area contributed by atoms with Gasteiger partial charge in [0.05, 0.1) is 4.88 Å². The molecule has 0 aliphatic carbocycles. The highest BCUT2D eigenvalue weighted by molar-refractivity contribution is 7.10. The molecule has 0 unspecified atom stereocenters. The molecule has 3 nitrogen and oxygen atoms in total. The van der Waals surface area contributed by atoms with Crippen LogP contribution in [0.25, 0.3) is 0 Å². The highest BCUT2D eigenvalue weighted by Crippen LogP contribution is 2.23. The second-order valence-corrected chi connectivity index (χ2v) is 7.07. The Labute approximate surface area is 156 Å². The number of quaternary nitrogens is 1. The lowest BCUT2D eigenvalue weighted by molar-refractivity contribution is -0.675. The molecular weight excluding hydrogens is 347 g/mol. The van der Waals surface area contributed by atoms with Crippen molar-refractivity contribution in [3.63, 3.8) is 0 Å². The summed E-state index contributed by atoms with van der Waals surface area (Å²) < 4.78 is 13.2. The summed E-state index contributed by atoms with van der Waals surface area (Å²) in [5.41, 5.74) is 2.94. The predicted octanol–water partition coefficient (Wildman–Crippen LogP) is 3.74. The third-order valence-electron chi connectivity index (χ3n) is 4.24. The molecule has 3 N–H and O–H groups in total. The number of hydrogen-bond acceptors (Lipinski definition) is 2. The van der Waals surface area contributed by atoms with Crippen LogP contribution in [-0.4, -0.2) is 12.5 Å². The topological polar surface area (TPSA) is 45.7 Å². The molecule has 3 aromatic rings. The predicted molar refractivity (Wildman–Crippen MR) is 104 cm³/mol. The van der Waals surface area contributed by atoms with Crippen LogP contribution < -0.4 is 10.6 Å². The Balaban J connectivity index is 1.69. The van der Waals surface area contributed by atoms with Gasteiger partial charge < -0.3 is 10.6 Å². The van der Waals surface area contributed by atoms with Gasteiger partial charge in [0.2, 0.25) is 0 Å². The molecule has 0 radical (unpaired) electrons. The third kappa shape index (κ3) is 4.77. The molecule has 26 heavy (non-hydrogen) atoms. The number of aryl methyl sites for hydroxylation is 1. The first-order valence-electron chi connectivity index (χ1n) is 8.66. The van der Waals surface area contributed by atoms with Crippen LogP contribution in [-0.2, 0) is 11.2 Å². The SMILES string of the molecule is CCc1ccc([C@@H]([NH2+]CC(=O)Nc2cccc(F)c2)c2cccs2)cc1. The average Bonchev–Trinajstić information content (AvgIpc) is 3.17. The van der Waals surface area contributed by atoms with Crippen molar-refractivity contribution in [1.82, 2.24) is 0 Å². The summed E-state index contributed by atoms with van der Waals surface area (Å²) in [6, 6.07) is 18.6. The Hall–Kier alpha value is -2.50. The average molecular weight is 369 g/mol. The van der Waals surface area contributed by atoms with Crippen molar-refractivity contribution in [3.8, 4) is 0 Å². The van der Waals surface area contributed by atoms with Crippen molar-refractivity contribution in [2.24, 2.45) is 0 Å². The van der Waals surface area contributed by atoms with E-state index in [-0.39, 0.29) is 24.3 Å². The smallest absolute Gasteiger partial charge is 0.279 e. The zero-order chi connectivity index (χ0) is 18.4. The largest absolute Gasteiger partial charge is 0.328 e. The molecule has 0 aliphatic heterocycles. The van der Waals surface area contributed by atoms with E-state index in [0.29, 0.717) is 5.69 Å². The van der Waals surface area contributed by atoms with Gasteiger partial charge in [-0.25, -0.2) is 4.39 Å². The molecule has 0 spiro atoms. The molecule has 5 heteroatoms. The van der Waals surface area contributed by atoms with E-state index >= 15 is 0 Å². The Morgan fingerprint density at radius 1 is 1.15 bits per heavy atom. The second kappa shape index (κ2) is 8.74. The van der Waals surface area contributed by atoms with Crippen molar-refractivity contribution >= 4 is 22.9 Å². The Morgan fingerprint density at radius 2 is 1.96 bits per heavy atom. The van der Waals surface area contributed by atoms with Gasteiger partial charge >= 0.3 is 0 Å². The summed E-state index contributed by atoms with van der Waals surface area (Å²) in [5, 5.41) is 6.81. The number of hydrogen-bond donors (Lipinski definition) is 2. The minimum atomic E-state index is -0.362.